The van der Waals surface area contributed by atoms with Gasteiger partial charge in [0.15, 0.2) is 0 Å². The predicted molar refractivity (Wildman–Crippen MR) is 63.0 cm³/mol. The Morgan fingerprint density at radius 1 is 1.29 bits per heavy atom. The van der Waals surface area contributed by atoms with E-state index in [9.17, 15) is 4.21 Å². The van der Waals surface area contributed by atoms with Gasteiger partial charge in [0.1, 0.15) is 0 Å². The van der Waals surface area contributed by atoms with E-state index < -0.39 is 10.8 Å². The minimum atomic E-state index is -0.526. The summed E-state index contributed by atoms with van der Waals surface area (Å²) in [4.78, 5) is 0. The molecule has 2 nitrogen and oxygen atoms in total. The van der Waals surface area contributed by atoms with E-state index in [1.165, 1.54) is 6.42 Å². The molecule has 1 aliphatic rings. The zero-order valence-electron chi connectivity index (χ0n) is 9.58. The fraction of sp³-hybridized carbons (Fsp3) is 1.00. The van der Waals surface area contributed by atoms with Crippen molar-refractivity contribution in [2.24, 2.45) is 5.92 Å². The zero-order valence-corrected chi connectivity index (χ0v) is 10.4. The van der Waals surface area contributed by atoms with Crippen LogP contribution in [0.25, 0.3) is 0 Å². The second kappa shape index (κ2) is 5.86. The van der Waals surface area contributed by atoms with Gasteiger partial charge in [-0.15, -0.1) is 0 Å². The molecule has 0 amide bonds. The molecule has 3 heteroatoms. The first-order valence-corrected chi connectivity index (χ1v) is 7.17. The van der Waals surface area contributed by atoms with Crippen LogP contribution in [0.2, 0.25) is 0 Å². The van der Waals surface area contributed by atoms with Gasteiger partial charge in [-0.05, 0) is 32.1 Å². The summed E-state index contributed by atoms with van der Waals surface area (Å²) in [5, 5.41) is 3.64. The molecule has 1 rings (SSSR count). The molecule has 1 fully saturated rings. The highest BCUT2D eigenvalue weighted by Crippen LogP contribution is 2.12. The SMILES string of the molecule is CC(C)CC(C)NC1CCS(=O)CC1. The molecular weight excluding hydrogens is 194 g/mol. The molecule has 84 valence electrons. The van der Waals surface area contributed by atoms with Crippen molar-refractivity contribution in [1.29, 1.82) is 0 Å². The van der Waals surface area contributed by atoms with Crippen LogP contribution < -0.4 is 5.32 Å². The van der Waals surface area contributed by atoms with Crippen LogP contribution in [0, 0.1) is 5.92 Å². The van der Waals surface area contributed by atoms with Crippen molar-refractivity contribution in [1.82, 2.24) is 5.32 Å². The van der Waals surface area contributed by atoms with Crippen LogP contribution in [-0.2, 0) is 10.8 Å². The lowest BCUT2D eigenvalue weighted by Gasteiger charge is -2.27. The fourth-order valence-corrected chi connectivity index (χ4v) is 3.44. The van der Waals surface area contributed by atoms with Gasteiger partial charge in [-0.3, -0.25) is 4.21 Å². The Balaban J connectivity index is 2.20. The second-order valence-corrected chi connectivity index (χ2v) is 6.52. The smallest absolute Gasteiger partial charge is 0.0249 e. The summed E-state index contributed by atoms with van der Waals surface area (Å²) in [7, 11) is -0.526. The van der Waals surface area contributed by atoms with Crippen LogP contribution in [0.3, 0.4) is 0 Å². The number of hydrogen-bond donors (Lipinski definition) is 1. The van der Waals surface area contributed by atoms with E-state index in [1.807, 2.05) is 0 Å². The monoisotopic (exact) mass is 217 g/mol. The molecule has 0 radical (unpaired) electrons. The Bertz CT molecular complexity index is 184. The average Bonchev–Trinajstić information content (AvgIpc) is 2.07. The molecule has 0 aromatic heterocycles. The van der Waals surface area contributed by atoms with Crippen molar-refractivity contribution in [3.63, 3.8) is 0 Å². The molecule has 0 saturated carbocycles. The summed E-state index contributed by atoms with van der Waals surface area (Å²) >= 11 is 0. The van der Waals surface area contributed by atoms with Crippen LogP contribution >= 0.6 is 0 Å². The normalized spacial score (nSPS) is 30.6. The van der Waals surface area contributed by atoms with Crippen LogP contribution in [0.5, 0.6) is 0 Å². The highest BCUT2D eigenvalue weighted by molar-refractivity contribution is 7.85. The number of nitrogens with one attached hydrogen (secondary N) is 1. The first-order chi connectivity index (χ1) is 6.58. The second-order valence-electron chi connectivity index (χ2n) is 4.82. The van der Waals surface area contributed by atoms with Gasteiger partial charge in [-0.2, -0.15) is 0 Å². The topological polar surface area (TPSA) is 29.1 Å². The molecule has 0 aliphatic carbocycles. The molecule has 1 saturated heterocycles. The highest BCUT2D eigenvalue weighted by atomic mass is 32.2. The van der Waals surface area contributed by atoms with Crippen LogP contribution in [-0.4, -0.2) is 27.8 Å². The molecule has 14 heavy (non-hydrogen) atoms. The Labute approximate surface area is 90.3 Å². The molecule has 0 aromatic rings. The van der Waals surface area contributed by atoms with Crippen molar-refractivity contribution >= 4 is 10.8 Å². The van der Waals surface area contributed by atoms with Crippen LogP contribution in [0.15, 0.2) is 0 Å². The molecular formula is C11H23NOS. The molecule has 0 bridgehead atoms. The van der Waals surface area contributed by atoms with Gasteiger partial charge >= 0.3 is 0 Å². The Morgan fingerprint density at radius 3 is 2.36 bits per heavy atom. The van der Waals surface area contributed by atoms with E-state index >= 15 is 0 Å². The summed E-state index contributed by atoms with van der Waals surface area (Å²) in [6, 6.07) is 1.22. The van der Waals surface area contributed by atoms with E-state index in [2.05, 4.69) is 26.1 Å². The van der Waals surface area contributed by atoms with E-state index in [0.29, 0.717) is 12.1 Å². The molecule has 0 spiro atoms. The minimum absolute atomic E-state index is 0.526. The lowest BCUT2D eigenvalue weighted by Crippen LogP contribution is -2.41. The molecule has 1 heterocycles. The summed E-state index contributed by atoms with van der Waals surface area (Å²) in [6.45, 7) is 6.77. The largest absolute Gasteiger partial charge is 0.311 e. The third-order valence-corrected chi connectivity index (χ3v) is 4.12. The summed E-state index contributed by atoms with van der Waals surface area (Å²) in [5.41, 5.74) is 0. The Kier molecular flexibility index (Phi) is 5.10. The van der Waals surface area contributed by atoms with Crippen molar-refractivity contribution in [2.45, 2.75) is 52.1 Å². The standard InChI is InChI=1S/C11H23NOS/c1-9(2)8-10(3)12-11-4-6-14(13)7-5-11/h9-12H,4-8H2,1-3H3. The predicted octanol–water partition coefficient (Wildman–Crippen LogP) is 1.92. The number of hydrogen-bond acceptors (Lipinski definition) is 2. The molecule has 1 atom stereocenters. The summed E-state index contributed by atoms with van der Waals surface area (Å²) in [5.74, 6) is 2.55. The van der Waals surface area contributed by atoms with Gasteiger partial charge in [-0.25, -0.2) is 0 Å². The van der Waals surface area contributed by atoms with Crippen molar-refractivity contribution in [3.05, 3.63) is 0 Å². The summed E-state index contributed by atoms with van der Waals surface area (Å²) < 4.78 is 11.2. The maximum atomic E-state index is 11.2. The van der Waals surface area contributed by atoms with E-state index in [0.717, 1.165) is 30.3 Å². The van der Waals surface area contributed by atoms with Crippen LogP contribution in [0.4, 0.5) is 0 Å². The van der Waals surface area contributed by atoms with E-state index in [-0.39, 0.29) is 0 Å². The Hall–Kier alpha value is 0.110. The lowest BCUT2D eigenvalue weighted by atomic mass is 10.0. The van der Waals surface area contributed by atoms with Gasteiger partial charge < -0.3 is 5.32 Å². The van der Waals surface area contributed by atoms with Gasteiger partial charge in [0, 0.05) is 34.4 Å². The van der Waals surface area contributed by atoms with Crippen molar-refractivity contribution < 1.29 is 4.21 Å². The number of rotatable bonds is 4. The fourth-order valence-electron chi connectivity index (χ4n) is 2.14. The maximum Gasteiger partial charge on any atom is 0.0249 e. The molecule has 1 unspecified atom stereocenters. The van der Waals surface area contributed by atoms with Crippen LogP contribution in [0.1, 0.15) is 40.0 Å². The van der Waals surface area contributed by atoms with Crippen molar-refractivity contribution in [3.8, 4) is 0 Å². The third-order valence-electron chi connectivity index (χ3n) is 2.73. The molecule has 1 N–H and O–H groups in total. The highest BCUT2D eigenvalue weighted by Gasteiger charge is 2.19. The Morgan fingerprint density at radius 2 is 1.86 bits per heavy atom. The lowest BCUT2D eigenvalue weighted by molar-refractivity contribution is 0.373. The quantitative estimate of drug-likeness (QED) is 0.779. The van der Waals surface area contributed by atoms with Crippen molar-refractivity contribution in [2.75, 3.05) is 11.5 Å². The first kappa shape index (κ1) is 12.2. The minimum Gasteiger partial charge on any atom is -0.311 e. The van der Waals surface area contributed by atoms with E-state index in [4.69, 9.17) is 0 Å². The third kappa shape index (κ3) is 4.56. The summed E-state index contributed by atoms with van der Waals surface area (Å²) in [6.07, 6.45) is 3.42. The van der Waals surface area contributed by atoms with Gasteiger partial charge in [0.05, 0.1) is 0 Å². The molecule has 1 aliphatic heterocycles. The average molecular weight is 217 g/mol. The maximum absolute atomic E-state index is 11.2. The zero-order chi connectivity index (χ0) is 10.6. The van der Waals surface area contributed by atoms with Gasteiger partial charge in [-0.1, -0.05) is 13.8 Å². The van der Waals surface area contributed by atoms with Gasteiger partial charge in [0.25, 0.3) is 0 Å². The molecule has 0 aromatic carbocycles. The van der Waals surface area contributed by atoms with E-state index in [1.54, 1.807) is 0 Å². The van der Waals surface area contributed by atoms with Gasteiger partial charge in [0.2, 0.25) is 0 Å². The first-order valence-electron chi connectivity index (χ1n) is 5.69.